The van der Waals surface area contributed by atoms with Gasteiger partial charge in [-0.1, -0.05) is 24.3 Å². The summed E-state index contributed by atoms with van der Waals surface area (Å²) in [6, 6.07) is 8.12. The molecule has 0 atom stereocenters. The van der Waals surface area contributed by atoms with E-state index in [2.05, 4.69) is 19.9 Å². The van der Waals surface area contributed by atoms with Gasteiger partial charge in [-0.05, 0) is 24.1 Å². The van der Waals surface area contributed by atoms with Crippen molar-refractivity contribution in [2.75, 3.05) is 12.3 Å². The van der Waals surface area contributed by atoms with Crippen LogP contribution >= 0.6 is 0 Å². The summed E-state index contributed by atoms with van der Waals surface area (Å²) in [5.74, 6) is 0.545. The number of rotatable bonds is 5. The Morgan fingerprint density at radius 3 is 2.62 bits per heavy atom. The van der Waals surface area contributed by atoms with Gasteiger partial charge in [0.2, 0.25) is 11.8 Å². The molecule has 0 amide bonds. The van der Waals surface area contributed by atoms with Crippen LogP contribution in [0.5, 0.6) is 5.88 Å². The number of anilines is 1. The second-order valence-electron chi connectivity index (χ2n) is 4.63. The molecule has 1 aromatic carbocycles. The summed E-state index contributed by atoms with van der Waals surface area (Å²) >= 11 is 0. The van der Waals surface area contributed by atoms with Crippen LogP contribution in [0.4, 0.5) is 5.95 Å². The molecular weight excluding hydrogens is 268 g/mol. The summed E-state index contributed by atoms with van der Waals surface area (Å²) in [5.41, 5.74) is 14.6. The normalized spacial score (nSPS) is 10.9. The Balaban J connectivity index is 1.75. The molecule has 3 rings (SSSR count). The molecule has 0 radical (unpaired) electrons. The number of fused-ring (bicyclic) bond motifs is 1. The van der Waals surface area contributed by atoms with E-state index >= 15 is 0 Å². The van der Waals surface area contributed by atoms with Crippen LogP contribution in [0.3, 0.4) is 0 Å². The van der Waals surface area contributed by atoms with E-state index in [0.717, 1.165) is 12.0 Å². The van der Waals surface area contributed by atoms with Crippen molar-refractivity contribution in [2.24, 2.45) is 5.73 Å². The minimum absolute atomic E-state index is 0.142. The molecule has 3 aromatic rings. The molecule has 0 saturated heterocycles. The molecule has 0 aliphatic carbocycles. The highest BCUT2D eigenvalue weighted by atomic mass is 16.5. The van der Waals surface area contributed by atoms with Gasteiger partial charge in [0.15, 0.2) is 5.65 Å². The molecule has 0 spiro atoms. The number of hydrogen-bond donors (Lipinski definition) is 3. The lowest BCUT2D eigenvalue weighted by Gasteiger charge is -2.07. The summed E-state index contributed by atoms with van der Waals surface area (Å²) in [7, 11) is 0. The van der Waals surface area contributed by atoms with E-state index < -0.39 is 0 Å². The highest BCUT2D eigenvalue weighted by molar-refractivity contribution is 5.76. The molecule has 108 valence electrons. The number of ether oxygens (including phenoxy) is 1. The van der Waals surface area contributed by atoms with Crippen LogP contribution in [-0.4, -0.2) is 26.5 Å². The van der Waals surface area contributed by atoms with Crippen molar-refractivity contribution in [1.29, 1.82) is 0 Å². The fourth-order valence-corrected chi connectivity index (χ4v) is 2.05. The fraction of sp³-hybridized carbons (Fsp3) is 0.214. The van der Waals surface area contributed by atoms with Gasteiger partial charge in [0.25, 0.3) is 0 Å². The Hall–Kier alpha value is -2.67. The van der Waals surface area contributed by atoms with E-state index in [9.17, 15) is 0 Å². The monoisotopic (exact) mass is 284 g/mol. The predicted molar refractivity (Wildman–Crippen MR) is 79.6 cm³/mol. The van der Waals surface area contributed by atoms with Crippen LogP contribution in [0.1, 0.15) is 11.1 Å². The number of benzene rings is 1. The minimum Gasteiger partial charge on any atom is -0.471 e. The van der Waals surface area contributed by atoms with Crippen LogP contribution in [-0.2, 0) is 13.0 Å². The highest BCUT2D eigenvalue weighted by Gasteiger charge is 2.09. The fourth-order valence-electron chi connectivity index (χ4n) is 2.05. The summed E-state index contributed by atoms with van der Waals surface area (Å²) in [5, 5.41) is 0. The Bertz CT molecular complexity index is 737. The van der Waals surface area contributed by atoms with E-state index in [4.69, 9.17) is 16.2 Å². The molecule has 7 nitrogen and oxygen atoms in total. The maximum Gasteiger partial charge on any atom is 0.245 e. The third-order valence-electron chi connectivity index (χ3n) is 3.10. The average molecular weight is 284 g/mol. The van der Waals surface area contributed by atoms with Gasteiger partial charge in [0.1, 0.15) is 12.1 Å². The Kier molecular flexibility index (Phi) is 3.65. The van der Waals surface area contributed by atoms with Crippen molar-refractivity contribution in [1.82, 2.24) is 19.9 Å². The van der Waals surface area contributed by atoms with E-state index in [-0.39, 0.29) is 5.95 Å². The highest BCUT2D eigenvalue weighted by Crippen LogP contribution is 2.20. The number of aromatic nitrogens is 4. The van der Waals surface area contributed by atoms with E-state index in [1.807, 2.05) is 24.3 Å². The number of H-pyrrole nitrogens is 1. The van der Waals surface area contributed by atoms with Gasteiger partial charge in [-0.25, -0.2) is 4.98 Å². The predicted octanol–water partition coefficient (Wildman–Crippen LogP) is 1.02. The van der Waals surface area contributed by atoms with Gasteiger partial charge < -0.3 is 21.2 Å². The average Bonchev–Trinajstić information content (AvgIpc) is 2.94. The summed E-state index contributed by atoms with van der Waals surface area (Å²) < 4.78 is 5.72. The summed E-state index contributed by atoms with van der Waals surface area (Å²) in [4.78, 5) is 15.1. The molecular formula is C14H16N6O. The second kappa shape index (κ2) is 5.76. The Morgan fingerprint density at radius 1 is 1.10 bits per heavy atom. The number of nitrogens with two attached hydrogens (primary N) is 2. The lowest BCUT2D eigenvalue weighted by molar-refractivity contribution is 0.297. The number of nitrogen functional groups attached to an aromatic ring is 1. The molecule has 2 aromatic heterocycles. The topological polar surface area (TPSA) is 116 Å². The van der Waals surface area contributed by atoms with Crippen molar-refractivity contribution < 1.29 is 4.74 Å². The first-order chi connectivity index (χ1) is 10.3. The number of nitrogens with zero attached hydrogens (tertiary/aromatic N) is 3. The summed E-state index contributed by atoms with van der Waals surface area (Å²) in [6.45, 7) is 1.04. The van der Waals surface area contributed by atoms with Gasteiger partial charge in [-0.15, -0.1) is 0 Å². The van der Waals surface area contributed by atoms with Crippen LogP contribution in [0.25, 0.3) is 11.2 Å². The number of nitrogens with one attached hydrogen (secondary N) is 1. The second-order valence-corrected chi connectivity index (χ2v) is 4.63. The molecule has 0 fully saturated rings. The van der Waals surface area contributed by atoms with Crippen molar-refractivity contribution in [3.05, 3.63) is 41.7 Å². The van der Waals surface area contributed by atoms with Gasteiger partial charge in [-0.3, -0.25) is 0 Å². The molecule has 5 N–H and O–H groups in total. The molecule has 0 aliphatic rings. The zero-order valence-electron chi connectivity index (χ0n) is 11.4. The zero-order chi connectivity index (χ0) is 14.7. The van der Waals surface area contributed by atoms with Gasteiger partial charge in [0.05, 0.1) is 6.33 Å². The standard InChI is InChI=1S/C14H16N6O/c15-6-5-9-1-3-10(4-2-9)7-21-13-11-12(18-8-17-11)19-14(16)20-13/h1-4,8H,5-7,15H2,(H3,16,17,18,19,20). The van der Waals surface area contributed by atoms with Crippen LogP contribution in [0.15, 0.2) is 30.6 Å². The van der Waals surface area contributed by atoms with Crippen molar-refractivity contribution in [3.8, 4) is 5.88 Å². The van der Waals surface area contributed by atoms with Gasteiger partial charge in [0, 0.05) is 0 Å². The van der Waals surface area contributed by atoms with Crippen molar-refractivity contribution >= 4 is 17.1 Å². The van der Waals surface area contributed by atoms with Crippen LogP contribution in [0.2, 0.25) is 0 Å². The number of hydrogen-bond acceptors (Lipinski definition) is 6. The molecule has 0 saturated carbocycles. The number of imidazole rings is 1. The molecule has 21 heavy (non-hydrogen) atoms. The minimum atomic E-state index is 0.142. The first-order valence-electron chi connectivity index (χ1n) is 6.63. The third-order valence-corrected chi connectivity index (χ3v) is 3.10. The van der Waals surface area contributed by atoms with Crippen LogP contribution < -0.4 is 16.2 Å². The maximum absolute atomic E-state index is 5.72. The number of aromatic amines is 1. The first kappa shape index (κ1) is 13.3. The molecule has 2 heterocycles. The van der Waals surface area contributed by atoms with Crippen LogP contribution in [0, 0.1) is 0 Å². The molecule has 7 heteroatoms. The first-order valence-corrected chi connectivity index (χ1v) is 6.63. The molecule has 0 aliphatic heterocycles. The maximum atomic E-state index is 5.72. The van der Waals surface area contributed by atoms with Crippen molar-refractivity contribution in [3.63, 3.8) is 0 Å². The van der Waals surface area contributed by atoms with Crippen molar-refractivity contribution in [2.45, 2.75) is 13.0 Å². The molecule has 0 bridgehead atoms. The van der Waals surface area contributed by atoms with E-state index in [0.29, 0.717) is 30.2 Å². The van der Waals surface area contributed by atoms with Gasteiger partial charge in [-0.2, -0.15) is 9.97 Å². The van der Waals surface area contributed by atoms with E-state index in [1.54, 1.807) is 0 Å². The smallest absolute Gasteiger partial charge is 0.245 e. The third kappa shape index (κ3) is 2.92. The Labute approximate surface area is 121 Å². The lowest BCUT2D eigenvalue weighted by atomic mass is 10.1. The van der Waals surface area contributed by atoms with Gasteiger partial charge >= 0.3 is 0 Å². The summed E-state index contributed by atoms with van der Waals surface area (Å²) in [6.07, 6.45) is 2.41. The molecule has 0 unspecified atom stereocenters. The zero-order valence-corrected chi connectivity index (χ0v) is 11.4. The van der Waals surface area contributed by atoms with E-state index in [1.165, 1.54) is 11.9 Å². The lowest BCUT2D eigenvalue weighted by Crippen LogP contribution is -2.04. The quantitative estimate of drug-likeness (QED) is 0.644. The Morgan fingerprint density at radius 2 is 1.86 bits per heavy atom. The largest absolute Gasteiger partial charge is 0.471 e. The SMILES string of the molecule is NCCc1ccc(COc2nc(N)nc3nc[nH]c23)cc1.